The van der Waals surface area contributed by atoms with Crippen molar-refractivity contribution in [3.63, 3.8) is 0 Å². The van der Waals surface area contributed by atoms with E-state index in [2.05, 4.69) is 4.98 Å². The first-order chi connectivity index (χ1) is 5.20. The number of hydrogen-bond donors (Lipinski definition) is 1. The lowest BCUT2D eigenvalue weighted by atomic mass is 10.4. The van der Waals surface area contributed by atoms with Crippen LogP contribution in [0.15, 0.2) is 18.3 Å². The van der Waals surface area contributed by atoms with Crippen molar-refractivity contribution in [2.24, 2.45) is 0 Å². The fourth-order valence-corrected chi connectivity index (χ4v) is 0.479. The Bertz CT molecular complexity index is 212. The largest absolute Gasteiger partial charge is 0.397 e. The van der Waals surface area contributed by atoms with Gasteiger partial charge in [-0.2, -0.15) is 5.26 Å². The van der Waals surface area contributed by atoms with Gasteiger partial charge in [-0.25, -0.2) is 0 Å². The van der Waals surface area contributed by atoms with E-state index < -0.39 is 0 Å². The lowest BCUT2D eigenvalue weighted by molar-refractivity contribution is 1.20. The van der Waals surface area contributed by atoms with Gasteiger partial charge in [-0.3, -0.25) is 4.98 Å². The number of hydrogen-bond acceptors (Lipinski definition) is 3. The maximum absolute atomic E-state index is 7.32. The zero-order valence-corrected chi connectivity index (χ0v) is 6.70. The molecule has 0 radical (unpaired) electrons. The van der Waals surface area contributed by atoms with Crippen LogP contribution in [-0.4, -0.2) is 4.98 Å². The molecule has 0 amide bonds. The summed E-state index contributed by atoms with van der Waals surface area (Å²) in [5, 5.41) is 7.32. The lowest BCUT2D eigenvalue weighted by Crippen LogP contribution is -1.85. The van der Waals surface area contributed by atoms with E-state index in [1.54, 1.807) is 12.3 Å². The van der Waals surface area contributed by atoms with Gasteiger partial charge in [-0.1, -0.05) is 0 Å². The second-order valence-electron chi connectivity index (χ2n) is 1.96. The molecule has 0 aromatic carbocycles. The molecule has 0 aliphatic carbocycles. The van der Waals surface area contributed by atoms with Crippen molar-refractivity contribution < 1.29 is 0 Å². The molecule has 0 spiro atoms. The van der Waals surface area contributed by atoms with Gasteiger partial charge in [0.2, 0.25) is 0 Å². The molecule has 0 bridgehead atoms. The highest BCUT2D eigenvalue weighted by Crippen LogP contribution is 1.97. The van der Waals surface area contributed by atoms with Crippen LogP contribution in [0.3, 0.4) is 0 Å². The topological polar surface area (TPSA) is 62.7 Å². The highest BCUT2D eigenvalue weighted by atomic mass is 14.7. The van der Waals surface area contributed by atoms with E-state index in [4.69, 9.17) is 11.0 Å². The molecule has 3 nitrogen and oxygen atoms in total. The average Bonchev–Trinajstić information content (AvgIpc) is 1.97. The summed E-state index contributed by atoms with van der Waals surface area (Å²) in [6.45, 7) is 3.36. The van der Waals surface area contributed by atoms with Crippen LogP contribution >= 0.6 is 0 Å². The first kappa shape index (κ1) is 9.44. The fourth-order valence-electron chi connectivity index (χ4n) is 0.479. The predicted molar refractivity (Wildman–Crippen MR) is 44.7 cm³/mol. The Morgan fingerprint density at radius 3 is 2.36 bits per heavy atom. The van der Waals surface area contributed by atoms with Crippen LogP contribution in [0.2, 0.25) is 0 Å². The molecule has 58 valence electrons. The van der Waals surface area contributed by atoms with E-state index in [0.717, 1.165) is 11.4 Å². The van der Waals surface area contributed by atoms with Gasteiger partial charge in [0.25, 0.3) is 0 Å². The zero-order valence-electron chi connectivity index (χ0n) is 6.70. The van der Waals surface area contributed by atoms with Gasteiger partial charge >= 0.3 is 0 Å². The van der Waals surface area contributed by atoms with Crippen molar-refractivity contribution in [3.8, 4) is 6.07 Å². The Balaban J connectivity index is 0.000000292. The molecule has 0 saturated heterocycles. The maximum atomic E-state index is 7.32. The standard InChI is InChI=1S/C6H8N2.C2H3N/c1-5-2-3-6(7)4-8-5;1-2-3/h2-4H,7H2,1H3;1H3. The summed E-state index contributed by atoms with van der Waals surface area (Å²) in [6.07, 6.45) is 1.65. The molecule has 3 heteroatoms. The highest BCUT2D eigenvalue weighted by Gasteiger charge is 1.81. The van der Waals surface area contributed by atoms with Crippen molar-refractivity contribution in [3.05, 3.63) is 24.0 Å². The van der Waals surface area contributed by atoms with Crippen LogP contribution in [0.1, 0.15) is 12.6 Å². The van der Waals surface area contributed by atoms with Gasteiger partial charge in [-0.05, 0) is 19.1 Å². The molecular weight excluding hydrogens is 138 g/mol. The Morgan fingerprint density at radius 2 is 2.09 bits per heavy atom. The third-order valence-electron chi connectivity index (χ3n) is 0.934. The average molecular weight is 149 g/mol. The van der Waals surface area contributed by atoms with Crippen LogP contribution in [0.4, 0.5) is 5.69 Å². The summed E-state index contributed by atoms with van der Waals surface area (Å²) in [5.74, 6) is 0. The summed E-state index contributed by atoms with van der Waals surface area (Å²) < 4.78 is 0. The molecule has 0 aliphatic rings. The van der Waals surface area contributed by atoms with Gasteiger partial charge in [-0.15, -0.1) is 0 Å². The molecule has 0 atom stereocenters. The Morgan fingerprint density at radius 1 is 1.55 bits per heavy atom. The molecule has 0 fully saturated rings. The molecule has 11 heavy (non-hydrogen) atoms. The molecule has 0 saturated carbocycles. The number of anilines is 1. The SMILES string of the molecule is CC#N.Cc1ccc(N)cn1. The van der Waals surface area contributed by atoms with Crippen molar-refractivity contribution in [2.45, 2.75) is 13.8 Å². The zero-order chi connectivity index (χ0) is 8.69. The van der Waals surface area contributed by atoms with Crippen molar-refractivity contribution in [1.82, 2.24) is 4.98 Å². The number of aryl methyl sites for hydroxylation is 1. The van der Waals surface area contributed by atoms with E-state index in [9.17, 15) is 0 Å². The second-order valence-corrected chi connectivity index (χ2v) is 1.96. The van der Waals surface area contributed by atoms with E-state index in [0.29, 0.717) is 0 Å². The number of rotatable bonds is 0. The molecular formula is C8H11N3. The van der Waals surface area contributed by atoms with Crippen LogP contribution < -0.4 is 5.73 Å². The summed E-state index contributed by atoms with van der Waals surface area (Å²) in [7, 11) is 0. The smallest absolute Gasteiger partial charge is 0.0587 e. The Labute approximate surface area is 66.5 Å². The minimum atomic E-state index is 0.718. The van der Waals surface area contributed by atoms with Gasteiger partial charge in [0.05, 0.1) is 18.0 Å². The molecule has 1 aromatic rings. The van der Waals surface area contributed by atoms with Crippen molar-refractivity contribution in [2.75, 3.05) is 5.73 Å². The predicted octanol–water partition coefficient (Wildman–Crippen LogP) is 1.50. The second kappa shape index (κ2) is 5.24. The fraction of sp³-hybridized carbons (Fsp3) is 0.250. The number of nitrogen functional groups attached to an aromatic ring is 1. The Hall–Kier alpha value is -1.56. The highest BCUT2D eigenvalue weighted by molar-refractivity contribution is 5.34. The third-order valence-corrected chi connectivity index (χ3v) is 0.934. The van der Waals surface area contributed by atoms with Gasteiger partial charge < -0.3 is 5.73 Å². The van der Waals surface area contributed by atoms with Gasteiger partial charge in [0.1, 0.15) is 0 Å². The van der Waals surface area contributed by atoms with E-state index in [-0.39, 0.29) is 0 Å². The molecule has 1 heterocycles. The number of aromatic nitrogens is 1. The summed E-state index contributed by atoms with van der Waals surface area (Å²) in [5.41, 5.74) is 7.08. The monoisotopic (exact) mass is 149 g/mol. The first-order valence-corrected chi connectivity index (χ1v) is 3.19. The van der Waals surface area contributed by atoms with Gasteiger partial charge in [0, 0.05) is 12.6 Å². The molecule has 1 rings (SSSR count). The van der Waals surface area contributed by atoms with Gasteiger partial charge in [0.15, 0.2) is 0 Å². The van der Waals surface area contributed by atoms with E-state index in [1.807, 2.05) is 19.1 Å². The molecule has 2 N–H and O–H groups in total. The number of pyridine rings is 1. The number of nitrogens with zero attached hydrogens (tertiary/aromatic N) is 2. The normalized spacial score (nSPS) is 7.36. The number of nitriles is 1. The minimum Gasteiger partial charge on any atom is -0.397 e. The van der Waals surface area contributed by atoms with E-state index >= 15 is 0 Å². The van der Waals surface area contributed by atoms with Crippen molar-refractivity contribution >= 4 is 5.69 Å². The quantitative estimate of drug-likeness (QED) is 0.608. The maximum Gasteiger partial charge on any atom is 0.0587 e. The molecule has 0 aliphatic heterocycles. The lowest BCUT2D eigenvalue weighted by Gasteiger charge is -1.89. The third kappa shape index (κ3) is 4.91. The summed E-state index contributed by atoms with van der Waals surface area (Å²) >= 11 is 0. The van der Waals surface area contributed by atoms with E-state index in [1.165, 1.54) is 6.92 Å². The summed E-state index contributed by atoms with van der Waals surface area (Å²) in [4.78, 5) is 3.95. The summed E-state index contributed by atoms with van der Waals surface area (Å²) in [6, 6.07) is 5.47. The minimum absolute atomic E-state index is 0.718. The van der Waals surface area contributed by atoms with Crippen LogP contribution in [0.25, 0.3) is 0 Å². The van der Waals surface area contributed by atoms with Crippen molar-refractivity contribution in [1.29, 1.82) is 5.26 Å². The van der Waals surface area contributed by atoms with Crippen LogP contribution in [0.5, 0.6) is 0 Å². The first-order valence-electron chi connectivity index (χ1n) is 3.19. The Kier molecular flexibility index (Phi) is 4.50. The molecule has 1 aromatic heterocycles. The van der Waals surface area contributed by atoms with Crippen LogP contribution in [0, 0.1) is 18.3 Å². The number of nitrogens with two attached hydrogens (primary N) is 1. The molecule has 0 unspecified atom stereocenters. The van der Waals surface area contributed by atoms with Crippen LogP contribution in [-0.2, 0) is 0 Å².